The van der Waals surface area contributed by atoms with Crippen molar-refractivity contribution in [3.8, 4) is 5.75 Å². The third-order valence-corrected chi connectivity index (χ3v) is 4.86. The van der Waals surface area contributed by atoms with Crippen LogP contribution in [0.5, 0.6) is 5.75 Å². The Morgan fingerprint density at radius 2 is 2.08 bits per heavy atom. The van der Waals surface area contributed by atoms with Gasteiger partial charge in [-0.3, -0.25) is 9.59 Å². The highest BCUT2D eigenvalue weighted by molar-refractivity contribution is 7.14. The Morgan fingerprint density at radius 3 is 2.73 bits per heavy atom. The highest BCUT2D eigenvalue weighted by Gasteiger charge is 2.48. The van der Waals surface area contributed by atoms with E-state index in [1.165, 1.54) is 18.3 Å². The molecule has 0 radical (unpaired) electrons. The molecule has 1 aromatic heterocycles. The zero-order chi connectivity index (χ0) is 18.9. The van der Waals surface area contributed by atoms with Gasteiger partial charge in [-0.05, 0) is 45.0 Å². The second kappa shape index (κ2) is 6.80. The van der Waals surface area contributed by atoms with Crippen LogP contribution in [-0.2, 0) is 14.3 Å². The van der Waals surface area contributed by atoms with E-state index in [2.05, 4.69) is 10.6 Å². The molecule has 0 unspecified atom stereocenters. The second-order valence-electron chi connectivity index (χ2n) is 5.89. The number of ether oxygens (including phenoxy) is 2. The van der Waals surface area contributed by atoms with Gasteiger partial charge in [-0.1, -0.05) is 0 Å². The topological polar surface area (TPSA) is 93.7 Å². The van der Waals surface area contributed by atoms with E-state index in [1.54, 1.807) is 31.2 Å². The average molecular weight is 374 g/mol. The molecule has 0 bridgehead atoms. The molecule has 2 heterocycles. The van der Waals surface area contributed by atoms with Gasteiger partial charge < -0.3 is 20.1 Å². The first kappa shape index (κ1) is 17.9. The van der Waals surface area contributed by atoms with Crippen LogP contribution < -0.4 is 15.4 Å². The first-order valence-electron chi connectivity index (χ1n) is 8.03. The highest BCUT2D eigenvalue weighted by atomic mass is 32.1. The van der Waals surface area contributed by atoms with E-state index in [1.807, 2.05) is 13.0 Å². The molecule has 1 aliphatic heterocycles. The molecule has 1 aromatic carbocycles. The van der Waals surface area contributed by atoms with Gasteiger partial charge in [0.2, 0.25) is 0 Å². The molecule has 2 N–H and O–H groups in total. The molecule has 0 saturated heterocycles. The lowest BCUT2D eigenvalue weighted by molar-refractivity contribution is -0.165. The molecule has 0 saturated carbocycles. The number of rotatable bonds is 4. The minimum Gasteiger partial charge on any atom is -0.464 e. The minimum atomic E-state index is -1.78. The van der Waals surface area contributed by atoms with Gasteiger partial charge in [0, 0.05) is 16.6 Å². The van der Waals surface area contributed by atoms with Crippen molar-refractivity contribution < 1.29 is 23.9 Å². The van der Waals surface area contributed by atoms with Crippen molar-refractivity contribution in [2.45, 2.75) is 26.4 Å². The summed E-state index contributed by atoms with van der Waals surface area (Å²) in [4.78, 5) is 38.3. The van der Waals surface area contributed by atoms with Gasteiger partial charge in [-0.15, -0.1) is 11.3 Å². The van der Waals surface area contributed by atoms with E-state index in [9.17, 15) is 14.4 Å². The number of nitrogens with one attached hydrogen (secondary N) is 2. The Bertz CT molecular complexity index is 891. The molecule has 7 nitrogen and oxygen atoms in total. The molecule has 2 amide bonds. The van der Waals surface area contributed by atoms with Crippen molar-refractivity contribution >= 4 is 40.5 Å². The third kappa shape index (κ3) is 3.28. The Balaban J connectivity index is 1.83. The molecule has 26 heavy (non-hydrogen) atoms. The molecule has 0 spiro atoms. The van der Waals surface area contributed by atoms with Crippen molar-refractivity contribution in [3.05, 3.63) is 40.1 Å². The third-order valence-electron chi connectivity index (χ3n) is 3.86. The van der Waals surface area contributed by atoms with Crippen LogP contribution in [0, 0.1) is 6.92 Å². The monoisotopic (exact) mass is 374 g/mol. The largest absolute Gasteiger partial charge is 0.464 e. The number of benzene rings is 1. The van der Waals surface area contributed by atoms with E-state index >= 15 is 0 Å². The fourth-order valence-corrected chi connectivity index (χ4v) is 3.21. The Hall–Kier alpha value is -2.87. The van der Waals surface area contributed by atoms with Gasteiger partial charge in [0.05, 0.1) is 17.2 Å². The molecular weight excluding hydrogens is 356 g/mol. The van der Waals surface area contributed by atoms with Crippen molar-refractivity contribution in [2.24, 2.45) is 0 Å². The molecule has 8 heteroatoms. The maximum atomic E-state index is 12.3. The molecular formula is C18H18N2O5S. The van der Waals surface area contributed by atoms with Crippen molar-refractivity contribution in [2.75, 3.05) is 17.2 Å². The number of fused-ring (bicyclic) bond motifs is 1. The summed E-state index contributed by atoms with van der Waals surface area (Å²) >= 11 is 1.39. The van der Waals surface area contributed by atoms with E-state index in [4.69, 9.17) is 9.47 Å². The summed E-state index contributed by atoms with van der Waals surface area (Å²) in [5.41, 5.74) is -0.875. The molecule has 3 rings (SSSR count). The highest BCUT2D eigenvalue weighted by Crippen LogP contribution is 2.36. The SMILES string of the molecule is CCOC(=O)[C@@]1(C)Oc2cc(NC(=O)c3ccc(C)s3)ccc2NC1=O. The smallest absolute Gasteiger partial charge is 0.360 e. The van der Waals surface area contributed by atoms with Crippen molar-refractivity contribution in [1.29, 1.82) is 0 Å². The van der Waals surface area contributed by atoms with Gasteiger partial charge in [0.1, 0.15) is 5.75 Å². The summed E-state index contributed by atoms with van der Waals surface area (Å²) in [5, 5.41) is 5.41. The van der Waals surface area contributed by atoms with E-state index < -0.39 is 17.5 Å². The molecule has 1 atom stereocenters. The van der Waals surface area contributed by atoms with Crippen LogP contribution in [0.25, 0.3) is 0 Å². The average Bonchev–Trinajstić information content (AvgIpc) is 3.03. The number of carbonyl (C=O) groups is 3. The summed E-state index contributed by atoms with van der Waals surface area (Å²) in [7, 11) is 0. The number of aryl methyl sites for hydroxylation is 1. The van der Waals surface area contributed by atoms with Crippen LogP contribution in [0.4, 0.5) is 11.4 Å². The molecule has 0 aliphatic carbocycles. The lowest BCUT2D eigenvalue weighted by Gasteiger charge is -2.32. The normalized spacial score (nSPS) is 18.3. The molecule has 136 valence electrons. The van der Waals surface area contributed by atoms with Crippen LogP contribution in [0.1, 0.15) is 28.4 Å². The van der Waals surface area contributed by atoms with Gasteiger partial charge in [0.15, 0.2) is 0 Å². The number of anilines is 2. The Kier molecular flexibility index (Phi) is 4.69. The summed E-state index contributed by atoms with van der Waals surface area (Å²) < 4.78 is 10.6. The lowest BCUT2D eigenvalue weighted by atomic mass is 10.0. The lowest BCUT2D eigenvalue weighted by Crippen LogP contribution is -2.55. The first-order chi connectivity index (χ1) is 12.3. The number of carbonyl (C=O) groups excluding carboxylic acids is 3. The summed E-state index contributed by atoms with van der Waals surface area (Å²) in [5.74, 6) is -1.34. The fourth-order valence-electron chi connectivity index (χ4n) is 2.45. The van der Waals surface area contributed by atoms with Crippen LogP contribution in [0.15, 0.2) is 30.3 Å². The van der Waals surface area contributed by atoms with E-state index in [-0.39, 0.29) is 18.3 Å². The van der Waals surface area contributed by atoms with E-state index in [0.717, 1.165) is 4.88 Å². The predicted octanol–water partition coefficient (Wildman–Crippen LogP) is 2.96. The number of amides is 2. The number of hydrogen-bond acceptors (Lipinski definition) is 6. The van der Waals surface area contributed by atoms with E-state index in [0.29, 0.717) is 16.3 Å². The van der Waals surface area contributed by atoms with Gasteiger partial charge in [-0.2, -0.15) is 0 Å². The van der Waals surface area contributed by atoms with Crippen LogP contribution >= 0.6 is 11.3 Å². The van der Waals surface area contributed by atoms with Crippen LogP contribution in [0.3, 0.4) is 0 Å². The van der Waals surface area contributed by atoms with Crippen molar-refractivity contribution in [1.82, 2.24) is 0 Å². The number of thiophene rings is 1. The quantitative estimate of drug-likeness (QED) is 0.634. The predicted molar refractivity (Wildman–Crippen MR) is 97.7 cm³/mol. The molecule has 0 fully saturated rings. The molecule has 1 aliphatic rings. The van der Waals surface area contributed by atoms with Gasteiger partial charge in [0.25, 0.3) is 17.4 Å². The molecule has 2 aromatic rings. The van der Waals surface area contributed by atoms with Crippen LogP contribution in [-0.4, -0.2) is 30.0 Å². The number of hydrogen-bond donors (Lipinski definition) is 2. The zero-order valence-electron chi connectivity index (χ0n) is 14.5. The maximum absolute atomic E-state index is 12.3. The number of esters is 1. The summed E-state index contributed by atoms with van der Waals surface area (Å²) in [6.07, 6.45) is 0. The first-order valence-corrected chi connectivity index (χ1v) is 8.84. The second-order valence-corrected chi connectivity index (χ2v) is 7.17. The summed E-state index contributed by atoms with van der Waals surface area (Å²) in [6, 6.07) is 8.43. The minimum absolute atomic E-state index is 0.133. The summed E-state index contributed by atoms with van der Waals surface area (Å²) in [6.45, 7) is 5.06. The van der Waals surface area contributed by atoms with Crippen LogP contribution in [0.2, 0.25) is 0 Å². The Morgan fingerprint density at radius 1 is 1.31 bits per heavy atom. The van der Waals surface area contributed by atoms with Gasteiger partial charge in [-0.25, -0.2) is 4.79 Å². The standard InChI is InChI=1S/C18H18N2O5S/c1-4-24-17(23)18(3)16(22)20-12-7-6-11(9-13(12)25-18)19-15(21)14-8-5-10(2)26-14/h5-9H,4H2,1-3H3,(H,19,21)(H,20,22)/t18-/m0/s1. The maximum Gasteiger partial charge on any atom is 0.360 e. The zero-order valence-corrected chi connectivity index (χ0v) is 15.4. The fraction of sp³-hybridized carbons (Fsp3) is 0.278. The van der Waals surface area contributed by atoms with Gasteiger partial charge >= 0.3 is 5.97 Å². The van der Waals surface area contributed by atoms with Crippen molar-refractivity contribution in [3.63, 3.8) is 0 Å². The Labute approximate surface area is 154 Å².